The number of anilines is 1. The number of carbonyl (C=O) groups is 1. The van der Waals surface area contributed by atoms with Crippen LogP contribution in [0.2, 0.25) is 0 Å². The number of ether oxygens (including phenoxy) is 1. The second-order valence-corrected chi connectivity index (χ2v) is 6.00. The Morgan fingerprint density at radius 1 is 1.18 bits per heavy atom. The van der Waals surface area contributed by atoms with Crippen molar-refractivity contribution in [1.29, 1.82) is 0 Å². The SMILES string of the molecule is COc1ccc(N2CCN(CCC(=O)NC(C)C)CC2)cc1. The summed E-state index contributed by atoms with van der Waals surface area (Å²) < 4.78 is 5.19. The molecule has 1 aromatic carbocycles. The van der Waals surface area contributed by atoms with Crippen LogP contribution in [0.15, 0.2) is 24.3 Å². The van der Waals surface area contributed by atoms with E-state index in [9.17, 15) is 4.79 Å². The third-order valence-corrected chi connectivity index (χ3v) is 3.91. The number of methoxy groups -OCH3 is 1. The molecule has 0 saturated carbocycles. The van der Waals surface area contributed by atoms with E-state index in [4.69, 9.17) is 4.74 Å². The molecule has 2 rings (SSSR count). The van der Waals surface area contributed by atoms with Crippen molar-refractivity contribution in [2.24, 2.45) is 0 Å². The number of amides is 1. The summed E-state index contributed by atoms with van der Waals surface area (Å²) >= 11 is 0. The van der Waals surface area contributed by atoms with Crippen LogP contribution in [0.5, 0.6) is 5.75 Å². The Kier molecular flexibility index (Phi) is 6.07. The number of nitrogens with one attached hydrogen (secondary N) is 1. The molecule has 1 aromatic rings. The Hall–Kier alpha value is -1.75. The monoisotopic (exact) mass is 305 g/mol. The summed E-state index contributed by atoms with van der Waals surface area (Å²) in [6, 6.07) is 8.42. The molecule has 122 valence electrons. The molecule has 1 N–H and O–H groups in total. The molecule has 1 saturated heterocycles. The van der Waals surface area contributed by atoms with Crippen LogP contribution in [0.4, 0.5) is 5.69 Å². The highest BCUT2D eigenvalue weighted by Crippen LogP contribution is 2.20. The van der Waals surface area contributed by atoms with E-state index in [-0.39, 0.29) is 11.9 Å². The highest BCUT2D eigenvalue weighted by atomic mass is 16.5. The molecule has 0 radical (unpaired) electrons. The number of benzene rings is 1. The van der Waals surface area contributed by atoms with Gasteiger partial charge in [-0.1, -0.05) is 0 Å². The minimum absolute atomic E-state index is 0.146. The lowest BCUT2D eigenvalue weighted by atomic mass is 10.2. The maximum absolute atomic E-state index is 11.7. The maximum atomic E-state index is 11.7. The first-order valence-corrected chi connectivity index (χ1v) is 7.99. The third-order valence-electron chi connectivity index (χ3n) is 3.91. The quantitative estimate of drug-likeness (QED) is 0.869. The van der Waals surface area contributed by atoms with E-state index >= 15 is 0 Å². The van der Waals surface area contributed by atoms with Crippen molar-refractivity contribution in [1.82, 2.24) is 10.2 Å². The van der Waals surface area contributed by atoms with Gasteiger partial charge in [-0.2, -0.15) is 0 Å². The van der Waals surface area contributed by atoms with Crippen LogP contribution in [0.25, 0.3) is 0 Å². The van der Waals surface area contributed by atoms with Crippen molar-refractivity contribution in [3.63, 3.8) is 0 Å². The predicted octanol–water partition coefficient (Wildman–Crippen LogP) is 1.73. The predicted molar refractivity (Wildman–Crippen MR) is 89.5 cm³/mol. The fourth-order valence-electron chi connectivity index (χ4n) is 2.68. The molecular weight excluding hydrogens is 278 g/mol. The molecule has 0 aliphatic carbocycles. The van der Waals surface area contributed by atoms with Crippen molar-refractivity contribution >= 4 is 11.6 Å². The molecule has 5 nitrogen and oxygen atoms in total. The topological polar surface area (TPSA) is 44.8 Å². The Balaban J connectivity index is 1.74. The molecule has 1 amide bonds. The Morgan fingerprint density at radius 2 is 1.82 bits per heavy atom. The number of nitrogens with zero attached hydrogens (tertiary/aromatic N) is 2. The zero-order valence-corrected chi connectivity index (χ0v) is 13.8. The van der Waals surface area contributed by atoms with Crippen molar-refractivity contribution in [3.8, 4) is 5.75 Å². The number of hydrogen-bond acceptors (Lipinski definition) is 4. The van der Waals surface area contributed by atoms with Gasteiger partial charge in [0.2, 0.25) is 5.91 Å². The van der Waals surface area contributed by atoms with Gasteiger partial charge in [0, 0.05) is 50.9 Å². The van der Waals surface area contributed by atoms with Crippen LogP contribution in [0, 0.1) is 0 Å². The van der Waals surface area contributed by atoms with E-state index in [2.05, 4.69) is 27.2 Å². The minimum Gasteiger partial charge on any atom is -0.497 e. The van der Waals surface area contributed by atoms with Crippen LogP contribution in [0.1, 0.15) is 20.3 Å². The van der Waals surface area contributed by atoms with Crippen molar-refractivity contribution in [3.05, 3.63) is 24.3 Å². The maximum Gasteiger partial charge on any atom is 0.221 e. The van der Waals surface area contributed by atoms with Gasteiger partial charge in [0.25, 0.3) is 0 Å². The number of piperazine rings is 1. The zero-order chi connectivity index (χ0) is 15.9. The second kappa shape index (κ2) is 8.03. The Bertz CT molecular complexity index is 465. The molecule has 1 aliphatic rings. The summed E-state index contributed by atoms with van der Waals surface area (Å²) in [5, 5.41) is 2.94. The summed E-state index contributed by atoms with van der Waals surface area (Å²) in [5.41, 5.74) is 1.23. The summed E-state index contributed by atoms with van der Waals surface area (Å²) in [5.74, 6) is 1.03. The zero-order valence-electron chi connectivity index (χ0n) is 13.8. The van der Waals surface area contributed by atoms with Crippen molar-refractivity contribution in [2.75, 3.05) is 44.7 Å². The average molecular weight is 305 g/mol. The van der Waals surface area contributed by atoms with Gasteiger partial charge in [-0.25, -0.2) is 0 Å². The van der Waals surface area contributed by atoms with E-state index in [0.717, 1.165) is 38.5 Å². The molecular formula is C17H27N3O2. The van der Waals surface area contributed by atoms with Gasteiger partial charge in [-0.3, -0.25) is 9.69 Å². The Labute approximate surface area is 133 Å². The van der Waals surface area contributed by atoms with Crippen LogP contribution in [-0.4, -0.2) is 56.7 Å². The smallest absolute Gasteiger partial charge is 0.221 e. The standard InChI is InChI=1S/C17H27N3O2/c1-14(2)18-17(21)8-9-19-10-12-20(13-11-19)15-4-6-16(22-3)7-5-15/h4-7,14H,8-13H2,1-3H3,(H,18,21). The fourth-order valence-corrected chi connectivity index (χ4v) is 2.68. The molecule has 0 spiro atoms. The summed E-state index contributed by atoms with van der Waals surface area (Å²) in [7, 11) is 1.68. The van der Waals surface area contributed by atoms with Crippen LogP contribution in [-0.2, 0) is 4.79 Å². The van der Waals surface area contributed by atoms with E-state index in [1.54, 1.807) is 7.11 Å². The first-order chi connectivity index (χ1) is 10.6. The molecule has 1 fully saturated rings. The third kappa shape index (κ3) is 4.91. The van der Waals surface area contributed by atoms with Gasteiger partial charge >= 0.3 is 0 Å². The number of hydrogen-bond donors (Lipinski definition) is 1. The first-order valence-electron chi connectivity index (χ1n) is 7.99. The summed E-state index contributed by atoms with van der Waals surface area (Å²) in [6.45, 7) is 8.82. The van der Waals surface area contributed by atoms with Gasteiger partial charge in [0.05, 0.1) is 7.11 Å². The molecule has 0 aromatic heterocycles. The van der Waals surface area contributed by atoms with E-state index in [0.29, 0.717) is 6.42 Å². The second-order valence-electron chi connectivity index (χ2n) is 6.00. The average Bonchev–Trinajstić information content (AvgIpc) is 2.53. The van der Waals surface area contributed by atoms with Crippen molar-refractivity contribution < 1.29 is 9.53 Å². The van der Waals surface area contributed by atoms with Gasteiger partial charge in [-0.15, -0.1) is 0 Å². The normalized spacial score (nSPS) is 15.9. The minimum atomic E-state index is 0.146. The van der Waals surface area contributed by atoms with E-state index in [1.165, 1.54) is 5.69 Å². The van der Waals surface area contributed by atoms with Crippen molar-refractivity contribution in [2.45, 2.75) is 26.3 Å². The number of carbonyl (C=O) groups excluding carboxylic acids is 1. The first kappa shape index (κ1) is 16.6. The van der Waals surface area contributed by atoms with Crippen LogP contribution >= 0.6 is 0 Å². The fraction of sp³-hybridized carbons (Fsp3) is 0.588. The van der Waals surface area contributed by atoms with Gasteiger partial charge in [0.1, 0.15) is 5.75 Å². The lowest BCUT2D eigenvalue weighted by Crippen LogP contribution is -2.47. The lowest BCUT2D eigenvalue weighted by molar-refractivity contribution is -0.121. The van der Waals surface area contributed by atoms with Gasteiger partial charge < -0.3 is 15.0 Å². The highest BCUT2D eigenvalue weighted by Gasteiger charge is 2.17. The molecule has 0 atom stereocenters. The molecule has 1 heterocycles. The van der Waals surface area contributed by atoms with E-state index < -0.39 is 0 Å². The number of rotatable bonds is 6. The summed E-state index contributed by atoms with van der Waals surface area (Å²) in [4.78, 5) is 16.4. The molecule has 1 aliphatic heterocycles. The van der Waals surface area contributed by atoms with Crippen LogP contribution < -0.4 is 15.0 Å². The summed E-state index contributed by atoms with van der Waals surface area (Å²) in [6.07, 6.45) is 0.584. The van der Waals surface area contributed by atoms with Crippen LogP contribution in [0.3, 0.4) is 0 Å². The largest absolute Gasteiger partial charge is 0.497 e. The molecule has 0 unspecified atom stereocenters. The molecule has 5 heteroatoms. The molecule has 22 heavy (non-hydrogen) atoms. The van der Waals surface area contributed by atoms with E-state index in [1.807, 2.05) is 26.0 Å². The lowest BCUT2D eigenvalue weighted by Gasteiger charge is -2.36. The van der Waals surface area contributed by atoms with Gasteiger partial charge in [-0.05, 0) is 38.1 Å². The van der Waals surface area contributed by atoms with Gasteiger partial charge in [0.15, 0.2) is 0 Å². The highest BCUT2D eigenvalue weighted by molar-refractivity contribution is 5.76. The Morgan fingerprint density at radius 3 is 2.36 bits per heavy atom. The molecule has 0 bridgehead atoms.